The van der Waals surface area contributed by atoms with Gasteiger partial charge in [0, 0.05) is 17.4 Å². The molecular formula is C18H16N2O2. The minimum Gasteiger partial charge on any atom is -0.464 e. The summed E-state index contributed by atoms with van der Waals surface area (Å²) in [5.41, 5.74) is 9.69. The first-order valence-corrected chi connectivity index (χ1v) is 6.63. The average Bonchev–Trinajstić information content (AvgIpc) is 2.53. The highest BCUT2D eigenvalue weighted by Gasteiger charge is 2.11. The van der Waals surface area contributed by atoms with Gasteiger partial charge in [0.1, 0.15) is 5.69 Å². The van der Waals surface area contributed by atoms with Gasteiger partial charge >= 0.3 is 5.97 Å². The summed E-state index contributed by atoms with van der Waals surface area (Å²) in [5, 5.41) is 0. The fraction of sp³-hybridized carbons (Fsp3) is 0.111. The van der Waals surface area contributed by atoms with E-state index >= 15 is 0 Å². The minimum absolute atomic E-state index is 0.227. The Bertz CT molecular complexity index is 798. The second-order valence-corrected chi connectivity index (χ2v) is 4.72. The van der Waals surface area contributed by atoms with E-state index in [1.807, 2.05) is 25.1 Å². The van der Waals surface area contributed by atoms with Gasteiger partial charge in [-0.3, -0.25) is 0 Å². The van der Waals surface area contributed by atoms with Crippen LogP contribution >= 0.6 is 0 Å². The van der Waals surface area contributed by atoms with Crippen LogP contribution < -0.4 is 5.73 Å². The molecule has 0 aliphatic rings. The first-order chi connectivity index (χ1) is 10.5. The van der Waals surface area contributed by atoms with E-state index in [0.29, 0.717) is 11.3 Å². The molecular weight excluding hydrogens is 276 g/mol. The third-order valence-electron chi connectivity index (χ3n) is 3.05. The van der Waals surface area contributed by atoms with Crippen LogP contribution in [0, 0.1) is 11.8 Å². The molecule has 0 unspecified atom stereocenters. The number of pyridine rings is 1. The number of esters is 1. The normalized spacial score (nSPS) is 9.55. The van der Waals surface area contributed by atoms with Crippen molar-refractivity contribution in [2.75, 3.05) is 12.8 Å². The van der Waals surface area contributed by atoms with Gasteiger partial charge in [-0.1, -0.05) is 30.6 Å². The summed E-state index contributed by atoms with van der Waals surface area (Å²) < 4.78 is 4.67. The minimum atomic E-state index is -0.491. The predicted octanol–water partition coefficient (Wildman–Crippen LogP) is 2.88. The molecule has 2 N–H and O–H groups in total. The molecule has 4 heteroatoms. The smallest absolute Gasteiger partial charge is 0.356 e. The molecule has 0 bridgehead atoms. The van der Waals surface area contributed by atoms with Gasteiger partial charge in [-0.05, 0) is 36.3 Å². The Morgan fingerprint density at radius 1 is 1.27 bits per heavy atom. The van der Waals surface area contributed by atoms with E-state index in [-0.39, 0.29) is 5.69 Å². The molecule has 0 atom stereocenters. The molecule has 110 valence electrons. The number of para-hydroxylation sites is 1. The van der Waals surface area contributed by atoms with Crippen molar-refractivity contribution in [3.8, 4) is 11.8 Å². The van der Waals surface area contributed by atoms with Crippen molar-refractivity contribution < 1.29 is 9.53 Å². The number of nitrogen functional groups attached to an aromatic ring is 1. The summed E-state index contributed by atoms with van der Waals surface area (Å²) in [6.45, 7) is 5.76. The number of methoxy groups -OCH3 is 1. The number of hydrogen-bond donors (Lipinski definition) is 1. The summed E-state index contributed by atoms with van der Waals surface area (Å²) in [6.07, 6.45) is 1.54. The lowest BCUT2D eigenvalue weighted by Gasteiger charge is -2.06. The van der Waals surface area contributed by atoms with Crippen LogP contribution in [0.3, 0.4) is 0 Å². The van der Waals surface area contributed by atoms with E-state index in [2.05, 4.69) is 28.1 Å². The average molecular weight is 292 g/mol. The van der Waals surface area contributed by atoms with Crippen molar-refractivity contribution in [2.45, 2.75) is 6.92 Å². The number of rotatable bonds is 2. The number of carbonyl (C=O) groups is 1. The van der Waals surface area contributed by atoms with Crippen molar-refractivity contribution in [3.63, 3.8) is 0 Å². The van der Waals surface area contributed by atoms with Crippen LogP contribution in [0.4, 0.5) is 5.69 Å². The van der Waals surface area contributed by atoms with Crippen molar-refractivity contribution in [1.82, 2.24) is 4.98 Å². The highest BCUT2D eigenvalue weighted by atomic mass is 16.5. The molecule has 0 saturated carbocycles. The molecule has 22 heavy (non-hydrogen) atoms. The van der Waals surface area contributed by atoms with Gasteiger partial charge in [-0.15, -0.1) is 0 Å². The SMILES string of the molecule is C=C(C)c1cc(C(=O)OC)ncc1C#Cc1ccccc1N. The van der Waals surface area contributed by atoms with E-state index in [9.17, 15) is 4.79 Å². The number of allylic oxidation sites excluding steroid dienone is 1. The van der Waals surface area contributed by atoms with Crippen LogP contribution in [0.5, 0.6) is 0 Å². The van der Waals surface area contributed by atoms with Gasteiger partial charge in [0.25, 0.3) is 0 Å². The number of nitrogens with two attached hydrogens (primary N) is 1. The molecule has 4 nitrogen and oxygen atoms in total. The van der Waals surface area contributed by atoms with Gasteiger partial charge in [0.05, 0.1) is 12.7 Å². The highest BCUT2D eigenvalue weighted by molar-refractivity contribution is 5.88. The van der Waals surface area contributed by atoms with Crippen LogP contribution in [0.15, 0.2) is 43.1 Å². The van der Waals surface area contributed by atoms with E-state index in [1.165, 1.54) is 7.11 Å². The Hall–Kier alpha value is -3.06. The van der Waals surface area contributed by atoms with Crippen LogP contribution in [0.1, 0.15) is 34.1 Å². The van der Waals surface area contributed by atoms with E-state index in [4.69, 9.17) is 5.73 Å². The third-order valence-corrected chi connectivity index (χ3v) is 3.05. The maximum Gasteiger partial charge on any atom is 0.356 e. The molecule has 1 heterocycles. The molecule has 1 aromatic heterocycles. The molecule has 2 rings (SSSR count). The number of anilines is 1. The quantitative estimate of drug-likeness (QED) is 0.525. The van der Waals surface area contributed by atoms with E-state index < -0.39 is 5.97 Å². The lowest BCUT2D eigenvalue weighted by atomic mass is 10.0. The molecule has 0 saturated heterocycles. The summed E-state index contributed by atoms with van der Waals surface area (Å²) in [5.74, 6) is 5.55. The maximum absolute atomic E-state index is 11.6. The standard InChI is InChI=1S/C18H16N2O2/c1-12(2)15-10-17(18(21)22-3)20-11-14(15)9-8-13-6-4-5-7-16(13)19/h4-7,10-11H,1,19H2,2-3H3. The summed E-state index contributed by atoms with van der Waals surface area (Å²) in [6, 6.07) is 9.00. The Labute approximate surface area is 129 Å². The topological polar surface area (TPSA) is 65.2 Å². The Morgan fingerprint density at radius 3 is 2.59 bits per heavy atom. The van der Waals surface area contributed by atoms with Crippen molar-refractivity contribution in [3.05, 3.63) is 65.5 Å². The zero-order chi connectivity index (χ0) is 16.1. The number of nitrogens with zero attached hydrogens (tertiary/aromatic N) is 1. The third kappa shape index (κ3) is 3.33. The molecule has 0 radical (unpaired) electrons. The first kappa shape index (κ1) is 15.3. The monoisotopic (exact) mass is 292 g/mol. The van der Waals surface area contributed by atoms with Crippen molar-refractivity contribution in [1.29, 1.82) is 0 Å². The fourth-order valence-corrected chi connectivity index (χ4v) is 1.87. The van der Waals surface area contributed by atoms with E-state index in [0.717, 1.165) is 16.7 Å². The van der Waals surface area contributed by atoms with Gasteiger partial charge in [-0.25, -0.2) is 9.78 Å². The number of ether oxygens (including phenoxy) is 1. The number of hydrogen-bond acceptors (Lipinski definition) is 4. The van der Waals surface area contributed by atoms with Crippen molar-refractivity contribution in [2.24, 2.45) is 0 Å². The molecule has 0 amide bonds. The second kappa shape index (κ2) is 6.59. The zero-order valence-electron chi connectivity index (χ0n) is 12.5. The number of aromatic nitrogens is 1. The molecule has 0 spiro atoms. The Balaban J connectivity index is 2.46. The van der Waals surface area contributed by atoms with Crippen molar-refractivity contribution >= 4 is 17.2 Å². The molecule has 1 aromatic carbocycles. The lowest BCUT2D eigenvalue weighted by molar-refractivity contribution is 0.0594. The summed E-state index contributed by atoms with van der Waals surface area (Å²) in [4.78, 5) is 15.6. The number of carbonyl (C=O) groups excluding carboxylic acids is 1. The molecule has 0 aliphatic carbocycles. The molecule has 0 aliphatic heterocycles. The Kier molecular flexibility index (Phi) is 4.60. The number of benzene rings is 1. The largest absolute Gasteiger partial charge is 0.464 e. The van der Waals surface area contributed by atoms with Crippen LogP contribution in [-0.4, -0.2) is 18.1 Å². The summed E-state index contributed by atoms with van der Waals surface area (Å²) >= 11 is 0. The van der Waals surface area contributed by atoms with E-state index in [1.54, 1.807) is 18.3 Å². The summed E-state index contributed by atoms with van der Waals surface area (Å²) in [7, 11) is 1.32. The fourth-order valence-electron chi connectivity index (χ4n) is 1.87. The lowest BCUT2D eigenvalue weighted by Crippen LogP contribution is -2.05. The van der Waals surface area contributed by atoms with Crippen LogP contribution in [0.2, 0.25) is 0 Å². The van der Waals surface area contributed by atoms with Gasteiger partial charge in [-0.2, -0.15) is 0 Å². The zero-order valence-corrected chi connectivity index (χ0v) is 12.5. The second-order valence-electron chi connectivity index (χ2n) is 4.72. The first-order valence-electron chi connectivity index (χ1n) is 6.63. The predicted molar refractivity (Wildman–Crippen MR) is 87.1 cm³/mol. The highest BCUT2D eigenvalue weighted by Crippen LogP contribution is 2.18. The molecule has 2 aromatic rings. The van der Waals surface area contributed by atoms with Gasteiger partial charge in [0.15, 0.2) is 0 Å². The maximum atomic E-state index is 11.6. The van der Waals surface area contributed by atoms with Crippen LogP contribution in [-0.2, 0) is 4.74 Å². The Morgan fingerprint density at radius 2 is 1.95 bits per heavy atom. The van der Waals surface area contributed by atoms with Gasteiger partial charge < -0.3 is 10.5 Å². The van der Waals surface area contributed by atoms with Gasteiger partial charge in [0.2, 0.25) is 0 Å². The molecule has 0 fully saturated rings. The van der Waals surface area contributed by atoms with Crippen LogP contribution in [0.25, 0.3) is 5.57 Å².